The maximum absolute atomic E-state index is 3.74. The van der Waals surface area contributed by atoms with Crippen LogP contribution in [0.1, 0.15) is 0 Å². The van der Waals surface area contributed by atoms with Crippen molar-refractivity contribution in [1.29, 1.82) is 0 Å². The summed E-state index contributed by atoms with van der Waals surface area (Å²) >= 11 is 3.74. The summed E-state index contributed by atoms with van der Waals surface area (Å²) in [5.74, 6) is 0. The Morgan fingerprint density at radius 3 is 2.12 bits per heavy atom. The van der Waals surface area contributed by atoms with E-state index in [-0.39, 0.29) is 11.0 Å². The molecular formula is CH6N4O2S. The molecule has 0 fully saturated rings. The van der Waals surface area contributed by atoms with Gasteiger partial charge in [0, 0.05) is 0 Å². The van der Waals surface area contributed by atoms with Gasteiger partial charge in [-0.15, -0.1) is 17.7 Å². The van der Waals surface area contributed by atoms with Crippen molar-refractivity contribution in [3.8, 4) is 0 Å². The fraction of sp³-hybridized carbons (Fsp3) is 0. The smallest absolute Gasteiger partial charge is 0.203 e. The Morgan fingerprint density at radius 1 is 1.38 bits per heavy atom. The van der Waals surface area contributed by atoms with Gasteiger partial charge in [0.05, 0.1) is 0 Å². The fourth-order valence-corrected chi connectivity index (χ4v) is 0.239. The number of nitrogens with zero attached hydrogens (tertiary/aromatic N) is 3. The summed E-state index contributed by atoms with van der Waals surface area (Å²) in [5, 5.41) is 12.6. The standard InChI is InChI=1S/CH2N4S.2H2O/c6-1-2-4-5-3-1;;/h(H2,2,3,4,5,6);2*1H2. The van der Waals surface area contributed by atoms with E-state index >= 15 is 0 Å². The van der Waals surface area contributed by atoms with Gasteiger partial charge in [0.1, 0.15) is 0 Å². The van der Waals surface area contributed by atoms with Gasteiger partial charge in [-0.3, -0.25) is 0 Å². The van der Waals surface area contributed by atoms with Crippen molar-refractivity contribution in [3.63, 3.8) is 0 Å². The molecule has 0 aliphatic carbocycles. The minimum Gasteiger partial charge on any atom is -0.412 e. The lowest BCUT2D eigenvalue weighted by Crippen LogP contribution is -1.64. The van der Waals surface area contributed by atoms with Crippen LogP contribution in [0.5, 0.6) is 0 Å². The van der Waals surface area contributed by atoms with Crippen LogP contribution in [0.3, 0.4) is 0 Å². The van der Waals surface area contributed by atoms with Crippen LogP contribution >= 0.6 is 12.6 Å². The summed E-state index contributed by atoms with van der Waals surface area (Å²) in [6, 6.07) is 0. The van der Waals surface area contributed by atoms with Crippen LogP contribution in [0.25, 0.3) is 0 Å². The average Bonchev–Trinajstić information content (AvgIpc) is 1.86. The zero-order valence-corrected chi connectivity index (χ0v) is 4.68. The van der Waals surface area contributed by atoms with E-state index in [2.05, 4.69) is 33.3 Å². The lowest BCUT2D eigenvalue weighted by molar-refractivity contribution is 0.823. The average molecular weight is 138 g/mol. The van der Waals surface area contributed by atoms with Crippen molar-refractivity contribution in [2.75, 3.05) is 0 Å². The molecule has 0 bridgehead atoms. The van der Waals surface area contributed by atoms with Crippen LogP contribution in [0, 0.1) is 0 Å². The number of thiol groups is 1. The molecule has 0 aliphatic heterocycles. The molecule has 0 amide bonds. The van der Waals surface area contributed by atoms with E-state index in [9.17, 15) is 0 Å². The Morgan fingerprint density at radius 2 is 2.00 bits per heavy atom. The number of hydrogen-bond donors (Lipinski definition) is 2. The van der Waals surface area contributed by atoms with Crippen LogP contribution in [0.4, 0.5) is 0 Å². The third-order valence-corrected chi connectivity index (χ3v) is 0.524. The molecule has 5 N–H and O–H groups in total. The van der Waals surface area contributed by atoms with Gasteiger partial charge in [-0.25, -0.2) is 5.10 Å². The highest BCUT2D eigenvalue weighted by atomic mass is 32.1. The van der Waals surface area contributed by atoms with Crippen LogP contribution in [0.15, 0.2) is 5.16 Å². The molecule has 0 saturated heterocycles. The SMILES string of the molecule is O.O.Sc1nnn[nH]1. The predicted octanol–water partition coefficient (Wildman–Crippen LogP) is -2.16. The van der Waals surface area contributed by atoms with Gasteiger partial charge in [-0.1, -0.05) is 0 Å². The summed E-state index contributed by atoms with van der Waals surface area (Å²) in [4.78, 5) is 0. The molecule has 0 unspecified atom stereocenters. The summed E-state index contributed by atoms with van der Waals surface area (Å²) in [7, 11) is 0. The Bertz CT molecular complexity index is 118. The van der Waals surface area contributed by atoms with Crippen molar-refractivity contribution in [2.45, 2.75) is 5.16 Å². The van der Waals surface area contributed by atoms with E-state index in [1.54, 1.807) is 0 Å². The topological polar surface area (TPSA) is 117 Å². The maximum Gasteiger partial charge on any atom is 0.203 e. The molecule has 0 aliphatic rings. The molecule has 0 spiro atoms. The molecular weight excluding hydrogens is 132 g/mol. The van der Waals surface area contributed by atoms with Crippen LogP contribution in [-0.4, -0.2) is 31.6 Å². The van der Waals surface area contributed by atoms with Gasteiger partial charge in [0.25, 0.3) is 0 Å². The first kappa shape index (κ1) is 10.3. The second kappa shape index (κ2) is 4.50. The predicted molar refractivity (Wildman–Crippen MR) is 28.7 cm³/mol. The van der Waals surface area contributed by atoms with Crippen molar-refractivity contribution < 1.29 is 11.0 Å². The number of hydrogen-bond acceptors (Lipinski definition) is 4. The first-order chi connectivity index (χ1) is 2.89. The fourth-order valence-electron chi connectivity index (χ4n) is 0.154. The van der Waals surface area contributed by atoms with Gasteiger partial charge >= 0.3 is 0 Å². The molecule has 1 rings (SSSR count). The van der Waals surface area contributed by atoms with Gasteiger partial charge < -0.3 is 11.0 Å². The number of aromatic nitrogens is 4. The normalized spacial score (nSPS) is 6.62. The zero-order valence-electron chi connectivity index (χ0n) is 3.79. The van der Waals surface area contributed by atoms with Crippen LogP contribution in [-0.2, 0) is 0 Å². The van der Waals surface area contributed by atoms with E-state index in [4.69, 9.17) is 0 Å². The van der Waals surface area contributed by atoms with E-state index < -0.39 is 0 Å². The molecule has 1 heterocycles. The second-order valence-corrected chi connectivity index (χ2v) is 1.15. The molecule has 0 aromatic carbocycles. The van der Waals surface area contributed by atoms with Gasteiger partial charge in [0.15, 0.2) is 0 Å². The maximum atomic E-state index is 3.74. The Balaban J connectivity index is 0. The lowest BCUT2D eigenvalue weighted by atomic mass is 11.4. The third kappa shape index (κ3) is 2.50. The van der Waals surface area contributed by atoms with Crippen molar-refractivity contribution in [2.24, 2.45) is 0 Å². The molecule has 1 aromatic heterocycles. The molecule has 0 radical (unpaired) electrons. The summed E-state index contributed by atoms with van der Waals surface area (Å²) in [6.45, 7) is 0. The van der Waals surface area contributed by atoms with E-state index in [1.165, 1.54) is 0 Å². The zero-order chi connectivity index (χ0) is 4.41. The van der Waals surface area contributed by atoms with Gasteiger partial charge in [0.2, 0.25) is 5.16 Å². The van der Waals surface area contributed by atoms with Crippen molar-refractivity contribution in [3.05, 3.63) is 0 Å². The van der Waals surface area contributed by atoms with E-state index in [1.807, 2.05) is 0 Å². The number of tetrazole rings is 1. The first-order valence-corrected chi connectivity index (χ1v) is 1.77. The molecule has 48 valence electrons. The van der Waals surface area contributed by atoms with Crippen LogP contribution in [0.2, 0.25) is 0 Å². The Labute approximate surface area is 50.3 Å². The number of H-pyrrole nitrogens is 1. The highest BCUT2D eigenvalue weighted by Gasteiger charge is 1.78. The number of nitrogens with one attached hydrogen (secondary N) is 1. The largest absolute Gasteiger partial charge is 0.412 e. The van der Waals surface area contributed by atoms with Crippen molar-refractivity contribution in [1.82, 2.24) is 20.6 Å². The van der Waals surface area contributed by atoms with Gasteiger partial charge in [-0.2, -0.15) is 0 Å². The molecule has 0 atom stereocenters. The Kier molecular flexibility index (Phi) is 5.82. The molecule has 1 aromatic rings. The minimum absolute atomic E-state index is 0. The summed E-state index contributed by atoms with van der Waals surface area (Å²) < 4.78 is 0. The minimum atomic E-state index is 0. The number of rotatable bonds is 0. The summed E-state index contributed by atoms with van der Waals surface area (Å²) in [5.41, 5.74) is 0. The molecule has 6 nitrogen and oxygen atoms in total. The van der Waals surface area contributed by atoms with Gasteiger partial charge in [-0.05, 0) is 10.4 Å². The van der Waals surface area contributed by atoms with E-state index in [0.29, 0.717) is 5.16 Å². The summed E-state index contributed by atoms with van der Waals surface area (Å²) in [6.07, 6.45) is 0. The highest BCUT2D eigenvalue weighted by molar-refractivity contribution is 7.80. The monoisotopic (exact) mass is 138 g/mol. The molecule has 0 saturated carbocycles. The quantitative estimate of drug-likeness (QED) is 0.397. The van der Waals surface area contributed by atoms with Crippen molar-refractivity contribution >= 4 is 12.6 Å². The van der Waals surface area contributed by atoms with E-state index in [0.717, 1.165) is 0 Å². The first-order valence-electron chi connectivity index (χ1n) is 1.32. The lowest BCUT2D eigenvalue weighted by Gasteiger charge is -1.61. The Hall–Kier alpha value is -0.660. The molecule has 7 heteroatoms. The third-order valence-electron chi connectivity index (χ3n) is 0.334. The van der Waals surface area contributed by atoms with Crippen LogP contribution < -0.4 is 0 Å². The second-order valence-electron chi connectivity index (χ2n) is 0.725. The molecule has 8 heavy (non-hydrogen) atoms. The highest BCUT2D eigenvalue weighted by Crippen LogP contribution is 1.84. The number of aromatic amines is 1.